The highest BCUT2D eigenvalue weighted by Crippen LogP contribution is 2.30. The lowest BCUT2D eigenvalue weighted by molar-refractivity contribution is 0.0995. The molecular weight excluding hydrogens is 378 g/mol. The largest absolute Gasteiger partial charge is 0.452 e. The summed E-state index contributed by atoms with van der Waals surface area (Å²) in [5.74, 6) is 0.00963. The van der Waals surface area contributed by atoms with E-state index in [9.17, 15) is 9.59 Å². The normalized spacial score (nSPS) is 11.1. The van der Waals surface area contributed by atoms with Crippen molar-refractivity contribution < 1.29 is 18.4 Å². The monoisotopic (exact) mass is 395 g/mol. The van der Waals surface area contributed by atoms with Crippen LogP contribution in [0.5, 0.6) is 0 Å². The van der Waals surface area contributed by atoms with Crippen molar-refractivity contribution in [1.82, 2.24) is 0 Å². The Hall–Kier alpha value is -4.12. The number of carbonyl (C=O) groups is 2. The molecule has 0 aliphatic carbocycles. The Balaban J connectivity index is 1.45. The van der Waals surface area contributed by atoms with Gasteiger partial charge < -0.3 is 14.2 Å². The zero-order chi connectivity index (χ0) is 20.7. The number of aryl methyl sites for hydroxylation is 1. The van der Waals surface area contributed by atoms with Gasteiger partial charge in [-0.2, -0.15) is 0 Å². The zero-order valence-corrected chi connectivity index (χ0v) is 16.1. The molecule has 146 valence electrons. The Morgan fingerprint density at radius 1 is 0.800 bits per heavy atom. The molecule has 2 aromatic heterocycles. The van der Waals surface area contributed by atoms with Crippen LogP contribution in [0.4, 0.5) is 5.69 Å². The predicted molar refractivity (Wildman–Crippen MR) is 115 cm³/mol. The molecule has 30 heavy (non-hydrogen) atoms. The lowest BCUT2D eigenvalue weighted by Gasteiger charge is -2.02. The molecule has 1 amide bonds. The van der Waals surface area contributed by atoms with Crippen molar-refractivity contribution in [2.45, 2.75) is 6.92 Å². The molecule has 0 saturated heterocycles. The number of nitrogens with one attached hydrogen (secondary N) is 1. The van der Waals surface area contributed by atoms with E-state index in [2.05, 4.69) is 5.32 Å². The van der Waals surface area contributed by atoms with Gasteiger partial charge in [-0.1, -0.05) is 48.5 Å². The van der Waals surface area contributed by atoms with Crippen LogP contribution in [0, 0.1) is 6.92 Å². The van der Waals surface area contributed by atoms with E-state index in [1.165, 1.54) is 0 Å². The number of anilines is 1. The van der Waals surface area contributed by atoms with Gasteiger partial charge in [0.05, 0.1) is 0 Å². The van der Waals surface area contributed by atoms with Crippen LogP contribution in [0.25, 0.3) is 21.9 Å². The summed E-state index contributed by atoms with van der Waals surface area (Å²) in [6.45, 7) is 1.86. The topological polar surface area (TPSA) is 72.5 Å². The molecule has 0 fully saturated rings. The lowest BCUT2D eigenvalue weighted by atomic mass is 10.0. The van der Waals surface area contributed by atoms with Crippen LogP contribution in [0.3, 0.4) is 0 Å². The van der Waals surface area contributed by atoms with Crippen LogP contribution in [-0.4, -0.2) is 11.7 Å². The summed E-state index contributed by atoms with van der Waals surface area (Å²) in [6, 6.07) is 23.5. The molecule has 0 aliphatic heterocycles. The quantitative estimate of drug-likeness (QED) is 0.381. The van der Waals surface area contributed by atoms with Crippen LogP contribution in [-0.2, 0) is 0 Å². The van der Waals surface area contributed by atoms with E-state index in [-0.39, 0.29) is 17.5 Å². The second kappa shape index (κ2) is 7.04. The van der Waals surface area contributed by atoms with Crippen LogP contribution in [0.2, 0.25) is 0 Å². The molecule has 0 radical (unpaired) electrons. The predicted octanol–water partition coefficient (Wildman–Crippen LogP) is 5.97. The van der Waals surface area contributed by atoms with E-state index in [0.29, 0.717) is 28.2 Å². The minimum Gasteiger partial charge on any atom is -0.452 e. The molecule has 0 unspecified atom stereocenters. The lowest BCUT2D eigenvalue weighted by Crippen LogP contribution is -2.10. The van der Waals surface area contributed by atoms with Crippen molar-refractivity contribution in [3.8, 4) is 0 Å². The van der Waals surface area contributed by atoms with Gasteiger partial charge in [-0.05, 0) is 31.2 Å². The van der Waals surface area contributed by atoms with E-state index in [1.54, 1.807) is 30.3 Å². The van der Waals surface area contributed by atoms with Gasteiger partial charge >= 0.3 is 0 Å². The molecule has 5 nitrogen and oxygen atoms in total. The molecule has 1 N–H and O–H groups in total. The molecule has 0 saturated carbocycles. The van der Waals surface area contributed by atoms with Gasteiger partial charge in [0.15, 0.2) is 11.5 Å². The van der Waals surface area contributed by atoms with Gasteiger partial charge in [-0.25, -0.2) is 0 Å². The highest BCUT2D eigenvalue weighted by atomic mass is 16.3. The van der Waals surface area contributed by atoms with Gasteiger partial charge in [0.25, 0.3) is 5.91 Å². The molecular formula is C25H17NO4. The average molecular weight is 395 g/mol. The highest BCUT2D eigenvalue weighted by Gasteiger charge is 2.20. The maximum atomic E-state index is 12.8. The van der Waals surface area contributed by atoms with Gasteiger partial charge in [-0.3, -0.25) is 9.59 Å². The molecule has 0 atom stereocenters. The first-order valence-corrected chi connectivity index (χ1v) is 9.53. The SMILES string of the molecule is Cc1c(C(=O)c2ccccc2)oc2cc(NC(=O)c3cc4ccccc4o3)ccc12. The fourth-order valence-corrected chi connectivity index (χ4v) is 3.53. The first kappa shape index (κ1) is 17.9. The minimum absolute atomic E-state index is 0.169. The Kier molecular flexibility index (Phi) is 4.21. The van der Waals surface area contributed by atoms with E-state index < -0.39 is 0 Å². The molecule has 3 aromatic carbocycles. The summed E-state index contributed by atoms with van der Waals surface area (Å²) in [6.07, 6.45) is 0. The van der Waals surface area contributed by atoms with E-state index in [4.69, 9.17) is 8.83 Å². The maximum absolute atomic E-state index is 12.8. The molecule has 0 bridgehead atoms. The van der Waals surface area contributed by atoms with Crippen LogP contribution in [0.1, 0.15) is 32.2 Å². The van der Waals surface area contributed by atoms with E-state index in [1.807, 2.05) is 55.5 Å². The third-order valence-electron chi connectivity index (χ3n) is 5.09. The zero-order valence-electron chi connectivity index (χ0n) is 16.1. The fraction of sp³-hybridized carbons (Fsp3) is 0.0400. The molecule has 0 aliphatic rings. The standard InChI is InChI=1S/C25H17NO4/c1-15-19-12-11-18(26-25(28)22-13-17-9-5-6-10-20(17)29-22)14-21(19)30-24(15)23(27)16-7-3-2-4-8-16/h2-14H,1H3,(H,26,28). The van der Waals surface area contributed by atoms with Crippen LogP contribution in [0.15, 0.2) is 87.7 Å². The van der Waals surface area contributed by atoms with Crippen molar-refractivity contribution in [3.05, 3.63) is 102 Å². The number of benzene rings is 3. The summed E-state index contributed by atoms with van der Waals surface area (Å²) in [4.78, 5) is 25.4. The summed E-state index contributed by atoms with van der Waals surface area (Å²) >= 11 is 0. The van der Waals surface area contributed by atoms with Crippen molar-refractivity contribution in [3.63, 3.8) is 0 Å². The highest BCUT2D eigenvalue weighted by molar-refractivity contribution is 6.11. The second-order valence-electron chi connectivity index (χ2n) is 7.06. The average Bonchev–Trinajstić information content (AvgIpc) is 3.35. The van der Waals surface area contributed by atoms with Crippen molar-refractivity contribution in [2.75, 3.05) is 5.32 Å². The van der Waals surface area contributed by atoms with Gasteiger partial charge in [0, 0.05) is 33.7 Å². The summed E-state index contributed by atoms with van der Waals surface area (Å²) in [7, 11) is 0. The number of hydrogen-bond donors (Lipinski definition) is 1. The van der Waals surface area contributed by atoms with Gasteiger partial charge in [-0.15, -0.1) is 0 Å². The number of para-hydroxylation sites is 1. The first-order chi connectivity index (χ1) is 14.6. The number of rotatable bonds is 4. The number of hydrogen-bond acceptors (Lipinski definition) is 4. The number of amides is 1. The Morgan fingerprint density at radius 3 is 2.37 bits per heavy atom. The summed E-state index contributed by atoms with van der Waals surface area (Å²) in [5.41, 5.74) is 3.09. The van der Waals surface area contributed by atoms with Crippen molar-refractivity contribution in [1.29, 1.82) is 0 Å². The van der Waals surface area contributed by atoms with Gasteiger partial charge in [0.1, 0.15) is 11.2 Å². The third-order valence-corrected chi connectivity index (χ3v) is 5.09. The third kappa shape index (κ3) is 3.06. The Morgan fingerprint density at radius 2 is 1.57 bits per heavy atom. The number of ketones is 1. The van der Waals surface area contributed by atoms with E-state index >= 15 is 0 Å². The van der Waals surface area contributed by atoms with E-state index in [0.717, 1.165) is 16.3 Å². The number of carbonyl (C=O) groups excluding carboxylic acids is 2. The van der Waals surface area contributed by atoms with Crippen molar-refractivity contribution >= 4 is 39.3 Å². The fourth-order valence-electron chi connectivity index (χ4n) is 3.53. The Labute approximate surface area is 171 Å². The molecule has 5 aromatic rings. The maximum Gasteiger partial charge on any atom is 0.291 e. The summed E-state index contributed by atoms with van der Waals surface area (Å²) in [5, 5.41) is 4.52. The smallest absolute Gasteiger partial charge is 0.291 e. The second-order valence-corrected chi connectivity index (χ2v) is 7.06. The molecule has 0 spiro atoms. The van der Waals surface area contributed by atoms with Crippen LogP contribution >= 0.6 is 0 Å². The Bertz CT molecular complexity index is 1380. The minimum atomic E-state index is -0.352. The molecule has 5 heteroatoms. The number of fused-ring (bicyclic) bond motifs is 2. The number of furan rings is 2. The van der Waals surface area contributed by atoms with Gasteiger partial charge in [0.2, 0.25) is 5.78 Å². The molecule has 5 rings (SSSR count). The summed E-state index contributed by atoms with van der Waals surface area (Å²) < 4.78 is 11.5. The van der Waals surface area contributed by atoms with Crippen LogP contribution < -0.4 is 5.32 Å². The first-order valence-electron chi connectivity index (χ1n) is 9.53. The molecule has 2 heterocycles. The van der Waals surface area contributed by atoms with Crippen molar-refractivity contribution in [2.24, 2.45) is 0 Å².